The molecule has 2 N–H and O–H groups in total. The minimum atomic E-state index is -0.761. The second-order valence-corrected chi connectivity index (χ2v) is 8.03. The molecule has 0 saturated heterocycles. The molecule has 2 aliphatic rings. The molecular weight excluding hydrogens is 310 g/mol. The van der Waals surface area contributed by atoms with Crippen molar-refractivity contribution in [3.8, 4) is 0 Å². The zero-order valence-electron chi connectivity index (χ0n) is 13.4. The van der Waals surface area contributed by atoms with Crippen LogP contribution >= 0.6 is 11.3 Å². The van der Waals surface area contributed by atoms with Crippen LogP contribution in [-0.4, -0.2) is 23.5 Å². The van der Waals surface area contributed by atoms with Gasteiger partial charge < -0.3 is 10.4 Å². The first-order valence-corrected chi connectivity index (χ1v) is 9.53. The highest BCUT2D eigenvalue weighted by Crippen LogP contribution is 2.41. The number of nitrogens with one attached hydrogen (secondary N) is 1. The highest BCUT2D eigenvalue weighted by Gasteiger charge is 2.37. The van der Waals surface area contributed by atoms with E-state index >= 15 is 0 Å². The average molecular weight is 335 g/mol. The number of carboxylic acid groups (broad SMARTS) is 1. The summed E-state index contributed by atoms with van der Waals surface area (Å²) >= 11 is 1.79. The molecule has 4 nitrogen and oxygen atoms in total. The molecule has 0 bridgehead atoms. The monoisotopic (exact) mass is 335 g/mol. The van der Waals surface area contributed by atoms with Gasteiger partial charge in [-0.05, 0) is 43.6 Å². The molecule has 2 fully saturated rings. The third-order valence-corrected chi connectivity index (χ3v) is 6.72. The Labute approximate surface area is 141 Å². The predicted octanol–water partition coefficient (Wildman–Crippen LogP) is 3.57. The van der Waals surface area contributed by atoms with Gasteiger partial charge in [0.2, 0.25) is 5.91 Å². The van der Waals surface area contributed by atoms with E-state index in [2.05, 4.69) is 22.8 Å². The lowest BCUT2D eigenvalue weighted by atomic mass is 9.73. The van der Waals surface area contributed by atoms with Gasteiger partial charge in [-0.1, -0.05) is 25.3 Å². The Morgan fingerprint density at radius 3 is 2.57 bits per heavy atom. The maximum absolute atomic E-state index is 12.5. The Morgan fingerprint density at radius 2 is 1.96 bits per heavy atom. The van der Waals surface area contributed by atoms with Gasteiger partial charge in [-0.25, -0.2) is 0 Å². The lowest BCUT2D eigenvalue weighted by Crippen LogP contribution is -2.43. The number of thiophene rings is 1. The van der Waals surface area contributed by atoms with Crippen molar-refractivity contribution in [3.63, 3.8) is 0 Å². The van der Waals surface area contributed by atoms with E-state index in [0.29, 0.717) is 25.8 Å². The van der Waals surface area contributed by atoms with E-state index in [9.17, 15) is 9.59 Å². The molecule has 1 heterocycles. The van der Waals surface area contributed by atoms with E-state index in [-0.39, 0.29) is 23.2 Å². The van der Waals surface area contributed by atoms with E-state index < -0.39 is 5.97 Å². The first-order valence-electron chi connectivity index (χ1n) is 8.65. The summed E-state index contributed by atoms with van der Waals surface area (Å²) < 4.78 is 0. The maximum atomic E-state index is 12.5. The van der Waals surface area contributed by atoms with Gasteiger partial charge in [0.05, 0.1) is 5.92 Å². The van der Waals surface area contributed by atoms with Gasteiger partial charge in [-0.15, -0.1) is 11.3 Å². The molecule has 1 amide bonds. The van der Waals surface area contributed by atoms with Crippen LogP contribution < -0.4 is 5.32 Å². The third kappa shape index (κ3) is 3.60. The van der Waals surface area contributed by atoms with Gasteiger partial charge in [-0.3, -0.25) is 9.59 Å². The molecule has 0 radical (unpaired) electrons. The molecule has 23 heavy (non-hydrogen) atoms. The van der Waals surface area contributed by atoms with Crippen LogP contribution in [0.25, 0.3) is 0 Å². The first kappa shape index (κ1) is 16.5. The first-order chi connectivity index (χ1) is 11.1. The summed E-state index contributed by atoms with van der Waals surface area (Å²) in [6, 6.07) is 4.28. The molecule has 0 spiro atoms. The van der Waals surface area contributed by atoms with Crippen molar-refractivity contribution in [3.05, 3.63) is 22.4 Å². The Kier molecular flexibility index (Phi) is 5.05. The van der Waals surface area contributed by atoms with Crippen molar-refractivity contribution in [2.24, 2.45) is 11.8 Å². The predicted molar refractivity (Wildman–Crippen MR) is 90.6 cm³/mol. The highest BCUT2D eigenvalue weighted by atomic mass is 32.1. The fraction of sp³-hybridized carbons (Fsp3) is 0.667. The Morgan fingerprint density at radius 1 is 1.22 bits per heavy atom. The van der Waals surface area contributed by atoms with Crippen molar-refractivity contribution in [1.29, 1.82) is 0 Å². The molecule has 2 aliphatic carbocycles. The van der Waals surface area contributed by atoms with Crippen molar-refractivity contribution in [2.75, 3.05) is 6.54 Å². The molecular formula is C18H25NO3S. The number of carbonyl (C=O) groups is 2. The van der Waals surface area contributed by atoms with Crippen LogP contribution in [0.1, 0.15) is 56.2 Å². The molecule has 2 saturated carbocycles. The lowest BCUT2D eigenvalue weighted by molar-refractivity contribution is -0.141. The zero-order chi connectivity index (χ0) is 16.3. The van der Waals surface area contributed by atoms with Crippen LogP contribution in [0.15, 0.2) is 17.5 Å². The van der Waals surface area contributed by atoms with Gasteiger partial charge >= 0.3 is 5.97 Å². The van der Waals surface area contributed by atoms with Gasteiger partial charge in [0.25, 0.3) is 0 Å². The Bertz CT molecular complexity index is 549. The number of hydrogen-bond donors (Lipinski definition) is 2. The molecule has 3 rings (SSSR count). The topological polar surface area (TPSA) is 66.4 Å². The van der Waals surface area contributed by atoms with E-state index in [0.717, 1.165) is 12.8 Å². The minimum absolute atomic E-state index is 0.0512. The number of aliphatic carboxylic acids is 1. The smallest absolute Gasteiger partial charge is 0.306 e. The fourth-order valence-corrected chi connectivity index (χ4v) is 5.15. The summed E-state index contributed by atoms with van der Waals surface area (Å²) in [5, 5.41) is 14.4. The quantitative estimate of drug-likeness (QED) is 0.864. The molecule has 126 valence electrons. The summed E-state index contributed by atoms with van der Waals surface area (Å²) in [4.78, 5) is 24.9. The Balaban J connectivity index is 1.61. The van der Waals surface area contributed by atoms with Crippen LogP contribution in [0, 0.1) is 11.8 Å². The molecule has 5 heteroatoms. The minimum Gasteiger partial charge on any atom is -0.481 e. The molecule has 0 aliphatic heterocycles. The summed E-state index contributed by atoms with van der Waals surface area (Å²) in [7, 11) is 0. The zero-order valence-corrected chi connectivity index (χ0v) is 14.2. The van der Waals surface area contributed by atoms with Crippen molar-refractivity contribution >= 4 is 23.2 Å². The SMILES string of the molecule is O=C(O)[C@@H]1CC[C@H](C(=O)NCC2(c3cccs3)CCCCC2)C1. The van der Waals surface area contributed by atoms with Gasteiger partial charge in [-0.2, -0.15) is 0 Å². The average Bonchev–Trinajstić information content (AvgIpc) is 3.25. The highest BCUT2D eigenvalue weighted by molar-refractivity contribution is 7.10. The van der Waals surface area contributed by atoms with Gasteiger partial charge in [0, 0.05) is 22.8 Å². The van der Waals surface area contributed by atoms with Crippen LogP contribution in [0.5, 0.6) is 0 Å². The second-order valence-electron chi connectivity index (χ2n) is 7.08. The number of hydrogen-bond acceptors (Lipinski definition) is 3. The second kappa shape index (κ2) is 7.04. The number of carbonyl (C=O) groups excluding carboxylic acids is 1. The van der Waals surface area contributed by atoms with E-state index in [1.54, 1.807) is 11.3 Å². The third-order valence-electron chi connectivity index (χ3n) is 5.61. The normalized spacial score (nSPS) is 26.8. The maximum Gasteiger partial charge on any atom is 0.306 e. The summed E-state index contributed by atoms with van der Waals surface area (Å²) in [5.74, 6) is -1.18. The summed E-state index contributed by atoms with van der Waals surface area (Å²) in [6.45, 7) is 0.695. The molecule has 0 aromatic carbocycles. The molecule has 2 atom stereocenters. The van der Waals surface area contributed by atoms with Crippen LogP contribution in [0.2, 0.25) is 0 Å². The van der Waals surface area contributed by atoms with Gasteiger partial charge in [0.1, 0.15) is 0 Å². The van der Waals surface area contributed by atoms with Crippen LogP contribution in [0.3, 0.4) is 0 Å². The van der Waals surface area contributed by atoms with E-state index in [1.165, 1.54) is 24.1 Å². The van der Waals surface area contributed by atoms with E-state index in [4.69, 9.17) is 5.11 Å². The summed E-state index contributed by atoms with van der Waals surface area (Å²) in [5.41, 5.74) is 0.0902. The van der Waals surface area contributed by atoms with Crippen molar-refractivity contribution in [1.82, 2.24) is 5.32 Å². The Hall–Kier alpha value is -1.36. The summed E-state index contributed by atoms with van der Waals surface area (Å²) in [6.07, 6.45) is 7.82. The lowest BCUT2D eigenvalue weighted by Gasteiger charge is -2.37. The standard InChI is InChI=1S/C18H25NO3S/c20-16(13-6-7-14(11-13)17(21)22)19-12-18(8-2-1-3-9-18)15-5-4-10-23-15/h4-5,10,13-14H,1-3,6-9,11-12H2,(H,19,20)(H,21,22)/t13-,14+/m0/s1. The number of carboxylic acids is 1. The van der Waals surface area contributed by atoms with E-state index in [1.807, 2.05) is 0 Å². The molecule has 1 aromatic rings. The van der Waals surface area contributed by atoms with Crippen LogP contribution in [-0.2, 0) is 15.0 Å². The molecule has 0 unspecified atom stereocenters. The fourth-order valence-electron chi connectivity index (χ4n) is 4.16. The molecule has 1 aromatic heterocycles. The number of rotatable bonds is 5. The number of amides is 1. The van der Waals surface area contributed by atoms with Crippen molar-refractivity contribution in [2.45, 2.75) is 56.8 Å². The largest absolute Gasteiger partial charge is 0.481 e. The van der Waals surface area contributed by atoms with Gasteiger partial charge in [0.15, 0.2) is 0 Å². The van der Waals surface area contributed by atoms with Crippen LogP contribution in [0.4, 0.5) is 0 Å². The van der Waals surface area contributed by atoms with Crippen molar-refractivity contribution < 1.29 is 14.7 Å².